The van der Waals surface area contributed by atoms with E-state index in [9.17, 15) is 4.79 Å². The van der Waals surface area contributed by atoms with Crippen molar-refractivity contribution in [3.63, 3.8) is 0 Å². The summed E-state index contributed by atoms with van der Waals surface area (Å²) in [5, 5.41) is 2.70. The molecule has 1 aromatic heterocycles. The number of nitrogens with zero attached hydrogens (tertiary/aromatic N) is 1. The van der Waals surface area contributed by atoms with Crippen LogP contribution in [0.15, 0.2) is 34.0 Å². The Bertz CT molecular complexity index is 366. The summed E-state index contributed by atoms with van der Waals surface area (Å²) in [5.41, 5.74) is 0.564. The van der Waals surface area contributed by atoms with Crippen molar-refractivity contribution in [2.24, 2.45) is 0 Å². The van der Waals surface area contributed by atoms with E-state index in [0.717, 1.165) is 4.48 Å². The molecule has 1 amide bonds. The van der Waals surface area contributed by atoms with Crippen molar-refractivity contribution in [3.05, 3.63) is 39.6 Å². The summed E-state index contributed by atoms with van der Waals surface area (Å²) in [6.07, 6.45) is 3.15. The molecule has 3 nitrogen and oxygen atoms in total. The van der Waals surface area contributed by atoms with E-state index in [1.165, 1.54) is 0 Å². The minimum atomic E-state index is -0.153. The Balaban J connectivity index is 2.70. The molecule has 1 heterocycles. The molecule has 5 heteroatoms. The first kappa shape index (κ1) is 11.4. The third-order valence-corrected chi connectivity index (χ3v) is 2.37. The molecule has 0 aliphatic rings. The third-order valence-electron chi connectivity index (χ3n) is 1.46. The van der Waals surface area contributed by atoms with Gasteiger partial charge in [-0.2, -0.15) is 0 Å². The van der Waals surface area contributed by atoms with Gasteiger partial charge in [0.25, 0.3) is 5.91 Å². The summed E-state index contributed by atoms with van der Waals surface area (Å²) in [4.78, 5) is 15.4. The Morgan fingerprint density at radius 2 is 2.36 bits per heavy atom. The van der Waals surface area contributed by atoms with Crippen molar-refractivity contribution >= 4 is 37.8 Å². The van der Waals surface area contributed by atoms with E-state index < -0.39 is 0 Å². The maximum atomic E-state index is 11.5. The molecule has 14 heavy (non-hydrogen) atoms. The quantitative estimate of drug-likeness (QED) is 0.930. The lowest BCUT2D eigenvalue weighted by molar-refractivity contribution is 0.0957. The largest absolute Gasteiger partial charge is 0.347 e. The molecule has 0 aliphatic heterocycles. The fourth-order valence-electron chi connectivity index (χ4n) is 0.831. The number of pyridine rings is 1. The van der Waals surface area contributed by atoms with Gasteiger partial charge in [-0.15, -0.1) is 0 Å². The topological polar surface area (TPSA) is 42.0 Å². The van der Waals surface area contributed by atoms with Crippen LogP contribution >= 0.6 is 31.9 Å². The van der Waals surface area contributed by atoms with Crippen LogP contribution in [-0.4, -0.2) is 17.4 Å². The number of hydrogen-bond donors (Lipinski definition) is 1. The Labute approximate surface area is 98.9 Å². The summed E-state index contributed by atoms with van der Waals surface area (Å²) >= 11 is 6.41. The van der Waals surface area contributed by atoms with E-state index >= 15 is 0 Å². The summed E-state index contributed by atoms with van der Waals surface area (Å²) in [7, 11) is 0. The van der Waals surface area contributed by atoms with Crippen molar-refractivity contribution in [1.29, 1.82) is 0 Å². The van der Waals surface area contributed by atoms with Gasteiger partial charge in [-0.25, -0.2) is 0 Å². The van der Waals surface area contributed by atoms with Gasteiger partial charge >= 0.3 is 0 Å². The standard InChI is InChI=1S/C9H8Br2N2O/c1-6(10)4-13-9(14)7-2-3-12-5-8(7)11/h2-3,5H,1,4H2,(H,13,14). The lowest BCUT2D eigenvalue weighted by Gasteiger charge is -2.04. The van der Waals surface area contributed by atoms with Crippen LogP contribution < -0.4 is 5.32 Å². The van der Waals surface area contributed by atoms with Crippen LogP contribution in [0.1, 0.15) is 10.4 Å². The zero-order valence-electron chi connectivity index (χ0n) is 7.26. The fourth-order valence-corrected chi connectivity index (χ4v) is 1.40. The maximum absolute atomic E-state index is 11.5. The van der Waals surface area contributed by atoms with Crippen molar-refractivity contribution in [2.45, 2.75) is 0 Å². The molecular formula is C9H8Br2N2O. The van der Waals surface area contributed by atoms with E-state index in [0.29, 0.717) is 16.6 Å². The van der Waals surface area contributed by atoms with E-state index in [-0.39, 0.29) is 5.91 Å². The van der Waals surface area contributed by atoms with E-state index in [1.807, 2.05) is 0 Å². The lowest BCUT2D eigenvalue weighted by atomic mass is 10.2. The number of aromatic nitrogens is 1. The van der Waals surface area contributed by atoms with Crippen LogP contribution in [0, 0.1) is 0 Å². The van der Waals surface area contributed by atoms with Crippen LogP contribution in [0.3, 0.4) is 0 Å². The molecule has 0 spiro atoms. The SMILES string of the molecule is C=C(Br)CNC(=O)c1ccncc1Br. The van der Waals surface area contributed by atoms with Crippen molar-refractivity contribution in [2.75, 3.05) is 6.54 Å². The Kier molecular flexibility index (Phi) is 4.28. The van der Waals surface area contributed by atoms with Crippen molar-refractivity contribution in [1.82, 2.24) is 10.3 Å². The molecule has 0 radical (unpaired) electrons. The van der Waals surface area contributed by atoms with Gasteiger partial charge in [0.1, 0.15) is 0 Å². The predicted molar refractivity (Wildman–Crippen MR) is 62.3 cm³/mol. The highest BCUT2D eigenvalue weighted by molar-refractivity contribution is 9.11. The first-order valence-electron chi connectivity index (χ1n) is 3.82. The average molecular weight is 320 g/mol. The van der Waals surface area contributed by atoms with Crippen LogP contribution in [0.2, 0.25) is 0 Å². The molecule has 0 aromatic carbocycles. The van der Waals surface area contributed by atoms with Crippen molar-refractivity contribution < 1.29 is 4.79 Å². The summed E-state index contributed by atoms with van der Waals surface area (Å²) < 4.78 is 1.41. The van der Waals surface area contributed by atoms with Gasteiger partial charge in [-0.1, -0.05) is 22.5 Å². The van der Waals surface area contributed by atoms with Gasteiger partial charge in [0.05, 0.1) is 5.56 Å². The van der Waals surface area contributed by atoms with Crippen LogP contribution in [0.5, 0.6) is 0 Å². The molecule has 74 valence electrons. The molecule has 1 rings (SSSR count). The molecule has 0 aliphatic carbocycles. The number of hydrogen-bond acceptors (Lipinski definition) is 2. The van der Waals surface area contributed by atoms with E-state index in [4.69, 9.17) is 0 Å². The maximum Gasteiger partial charge on any atom is 0.252 e. The summed E-state index contributed by atoms with van der Waals surface area (Å²) in [5.74, 6) is -0.153. The Hall–Kier alpha value is -0.680. The monoisotopic (exact) mass is 318 g/mol. The Morgan fingerprint density at radius 1 is 1.64 bits per heavy atom. The molecule has 0 unspecified atom stereocenters. The molecule has 0 atom stereocenters. The first-order valence-corrected chi connectivity index (χ1v) is 5.41. The van der Waals surface area contributed by atoms with Gasteiger partial charge in [-0.3, -0.25) is 9.78 Å². The third kappa shape index (κ3) is 3.23. The average Bonchev–Trinajstić information content (AvgIpc) is 2.15. The summed E-state index contributed by atoms with van der Waals surface area (Å²) in [6, 6.07) is 1.65. The van der Waals surface area contributed by atoms with Gasteiger partial charge in [0, 0.05) is 27.9 Å². The molecule has 0 saturated carbocycles. The minimum absolute atomic E-state index is 0.153. The summed E-state index contributed by atoms with van der Waals surface area (Å²) in [6.45, 7) is 4.03. The number of carbonyl (C=O) groups is 1. The molecule has 0 bridgehead atoms. The fraction of sp³-hybridized carbons (Fsp3) is 0.111. The lowest BCUT2D eigenvalue weighted by Crippen LogP contribution is -2.24. The second kappa shape index (κ2) is 5.26. The minimum Gasteiger partial charge on any atom is -0.347 e. The highest BCUT2D eigenvalue weighted by atomic mass is 79.9. The number of carbonyl (C=O) groups excluding carboxylic acids is 1. The second-order valence-corrected chi connectivity index (χ2v) is 4.53. The predicted octanol–water partition coefficient (Wildman–Crippen LogP) is 2.48. The Morgan fingerprint density at radius 3 is 2.93 bits per heavy atom. The smallest absolute Gasteiger partial charge is 0.252 e. The molecule has 0 saturated heterocycles. The number of nitrogens with one attached hydrogen (secondary N) is 1. The van der Waals surface area contributed by atoms with Crippen LogP contribution in [0.4, 0.5) is 0 Å². The molecule has 1 aromatic rings. The zero-order valence-corrected chi connectivity index (χ0v) is 10.4. The molecule has 0 fully saturated rings. The van der Waals surface area contributed by atoms with E-state index in [1.54, 1.807) is 18.5 Å². The van der Waals surface area contributed by atoms with Crippen molar-refractivity contribution in [3.8, 4) is 0 Å². The number of rotatable bonds is 3. The van der Waals surface area contributed by atoms with Gasteiger partial charge in [-0.05, 0) is 22.0 Å². The first-order chi connectivity index (χ1) is 6.61. The van der Waals surface area contributed by atoms with E-state index in [2.05, 4.69) is 48.7 Å². The normalized spacial score (nSPS) is 9.57. The zero-order chi connectivity index (χ0) is 10.6. The highest BCUT2D eigenvalue weighted by Gasteiger charge is 2.08. The molecule has 1 N–H and O–H groups in total. The van der Waals surface area contributed by atoms with Gasteiger partial charge < -0.3 is 5.32 Å². The number of amides is 1. The molecular weight excluding hydrogens is 312 g/mol. The number of halogens is 2. The van der Waals surface area contributed by atoms with Gasteiger partial charge in [0.15, 0.2) is 0 Å². The van der Waals surface area contributed by atoms with Crippen LogP contribution in [0.25, 0.3) is 0 Å². The van der Waals surface area contributed by atoms with Gasteiger partial charge in [0.2, 0.25) is 0 Å². The van der Waals surface area contributed by atoms with Crippen LogP contribution in [-0.2, 0) is 0 Å². The highest BCUT2D eigenvalue weighted by Crippen LogP contribution is 2.14. The second-order valence-electron chi connectivity index (χ2n) is 2.56.